The van der Waals surface area contributed by atoms with E-state index in [1.165, 1.54) is 41.3 Å². The Morgan fingerprint density at radius 2 is 1.38 bits per heavy atom. The SMILES string of the molecule is NC(CC(=O)O)C(=O)NC(Cc1ccc(O)cc1)C(=O)N1CCCC1C(=O)NC(Cc1ccc(O)cc1)C(=O)O. The summed E-state index contributed by atoms with van der Waals surface area (Å²) in [6.45, 7) is 0.176. The molecule has 3 rings (SSSR count). The van der Waals surface area contributed by atoms with Crippen molar-refractivity contribution in [3.05, 3.63) is 59.7 Å². The van der Waals surface area contributed by atoms with Crippen LogP contribution in [-0.4, -0.2) is 85.7 Å². The van der Waals surface area contributed by atoms with Gasteiger partial charge in [-0.15, -0.1) is 0 Å². The van der Waals surface area contributed by atoms with Crippen molar-refractivity contribution in [2.24, 2.45) is 5.73 Å². The summed E-state index contributed by atoms with van der Waals surface area (Å²) in [5.74, 6) is -4.71. The molecule has 40 heavy (non-hydrogen) atoms. The quantitative estimate of drug-likeness (QED) is 0.181. The number of hydrogen-bond donors (Lipinski definition) is 7. The zero-order valence-electron chi connectivity index (χ0n) is 21.5. The third-order valence-corrected chi connectivity index (χ3v) is 6.55. The summed E-state index contributed by atoms with van der Waals surface area (Å²) in [7, 11) is 0. The molecule has 0 spiro atoms. The first-order chi connectivity index (χ1) is 18.9. The van der Waals surface area contributed by atoms with E-state index >= 15 is 0 Å². The Balaban J connectivity index is 1.77. The van der Waals surface area contributed by atoms with Gasteiger partial charge in [0, 0.05) is 19.4 Å². The lowest BCUT2D eigenvalue weighted by Crippen LogP contribution is -2.57. The number of nitrogens with one attached hydrogen (secondary N) is 2. The van der Waals surface area contributed by atoms with Crippen molar-refractivity contribution < 1.29 is 44.4 Å². The first-order valence-electron chi connectivity index (χ1n) is 12.6. The molecule has 13 heteroatoms. The summed E-state index contributed by atoms with van der Waals surface area (Å²) in [6, 6.07) is 6.86. The van der Waals surface area contributed by atoms with Crippen molar-refractivity contribution in [1.82, 2.24) is 15.5 Å². The molecule has 8 N–H and O–H groups in total. The third kappa shape index (κ3) is 8.17. The van der Waals surface area contributed by atoms with Crippen LogP contribution in [0.4, 0.5) is 0 Å². The number of benzene rings is 2. The van der Waals surface area contributed by atoms with Gasteiger partial charge in [-0.3, -0.25) is 19.2 Å². The monoisotopic (exact) mass is 556 g/mol. The van der Waals surface area contributed by atoms with Gasteiger partial charge in [-0.25, -0.2) is 4.79 Å². The van der Waals surface area contributed by atoms with E-state index in [4.69, 9.17) is 10.8 Å². The number of aliphatic carboxylic acids is 2. The van der Waals surface area contributed by atoms with Gasteiger partial charge in [0.05, 0.1) is 12.5 Å². The van der Waals surface area contributed by atoms with E-state index in [0.29, 0.717) is 17.5 Å². The number of phenolic OH excluding ortho intramolecular Hbond substituents is 2. The van der Waals surface area contributed by atoms with Crippen LogP contribution in [0, 0.1) is 0 Å². The van der Waals surface area contributed by atoms with Crippen LogP contribution in [0.15, 0.2) is 48.5 Å². The fourth-order valence-corrected chi connectivity index (χ4v) is 4.47. The average molecular weight is 557 g/mol. The standard InChI is InChI=1S/C27H32N4O9/c28-19(14-23(34)35)24(36)29-20(12-15-3-7-17(32)8-4-15)26(38)31-11-1-2-22(31)25(37)30-21(27(39)40)13-16-5-9-18(33)10-6-16/h3-10,19-22,32-33H,1-2,11-14,28H2,(H,29,36)(H,30,37)(H,34,35)(H,39,40). The summed E-state index contributed by atoms with van der Waals surface area (Å²) in [6.07, 6.45) is -0.0190. The number of carboxylic acids is 2. The second-order valence-electron chi connectivity index (χ2n) is 9.60. The van der Waals surface area contributed by atoms with Gasteiger partial charge >= 0.3 is 11.9 Å². The lowest BCUT2D eigenvalue weighted by molar-refractivity contribution is -0.145. The van der Waals surface area contributed by atoms with Crippen molar-refractivity contribution in [2.75, 3.05) is 6.54 Å². The smallest absolute Gasteiger partial charge is 0.326 e. The van der Waals surface area contributed by atoms with Crippen LogP contribution in [0.5, 0.6) is 11.5 Å². The van der Waals surface area contributed by atoms with E-state index in [0.717, 1.165) is 0 Å². The molecule has 0 saturated carbocycles. The van der Waals surface area contributed by atoms with E-state index < -0.39 is 60.2 Å². The van der Waals surface area contributed by atoms with Crippen molar-refractivity contribution in [3.8, 4) is 11.5 Å². The largest absolute Gasteiger partial charge is 0.508 e. The minimum atomic E-state index is -1.42. The van der Waals surface area contributed by atoms with Gasteiger partial charge in [0.15, 0.2) is 0 Å². The van der Waals surface area contributed by atoms with Crippen molar-refractivity contribution >= 4 is 29.7 Å². The maximum absolute atomic E-state index is 13.6. The average Bonchev–Trinajstić information content (AvgIpc) is 3.39. The van der Waals surface area contributed by atoms with Gasteiger partial charge in [-0.2, -0.15) is 0 Å². The van der Waals surface area contributed by atoms with Crippen LogP contribution >= 0.6 is 0 Å². The Labute approximate surface area is 229 Å². The van der Waals surface area contributed by atoms with Crippen molar-refractivity contribution in [3.63, 3.8) is 0 Å². The molecule has 2 aromatic carbocycles. The molecule has 1 aliphatic heterocycles. The highest BCUT2D eigenvalue weighted by atomic mass is 16.4. The number of carbonyl (C=O) groups excluding carboxylic acids is 3. The first-order valence-corrected chi connectivity index (χ1v) is 12.6. The molecular formula is C27H32N4O9. The number of likely N-dealkylation sites (tertiary alicyclic amines) is 1. The van der Waals surface area contributed by atoms with Crippen LogP contribution in [-0.2, 0) is 36.8 Å². The number of aromatic hydroxyl groups is 2. The molecule has 0 radical (unpaired) electrons. The molecule has 1 aliphatic rings. The summed E-state index contributed by atoms with van der Waals surface area (Å²) in [5, 5.41) is 42.6. The molecular weight excluding hydrogens is 524 g/mol. The van der Waals surface area contributed by atoms with Gasteiger partial charge < -0.3 is 41.7 Å². The van der Waals surface area contributed by atoms with E-state index in [-0.39, 0.29) is 37.3 Å². The van der Waals surface area contributed by atoms with Gasteiger partial charge in [0.1, 0.15) is 29.6 Å². The molecule has 1 fully saturated rings. The number of carbonyl (C=O) groups is 5. The minimum Gasteiger partial charge on any atom is -0.508 e. The second-order valence-corrected chi connectivity index (χ2v) is 9.60. The lowest BCUT2D eigenvalue weighted by Gasteiger charge is -2.30. The number of phenols is 2. The summed E-state index contributed by atoms with van der Waals surface area (Å²) >= 11 is 0. The second kappa shape index (κ2) is 13.4. The van der Waals surface area contributed by atoms with E-state index in [1.807, 2.05) is 0 Å². The van der Waals surface area contributed by atoms with E-state index in [2.05, 4.69) is 10.6 Å². The van der Waals surface area contributed by atoms with Crippen molar-refractivity contribution in [1.29, 1.82) is 0 Å². The van der Waals surface area contributed by atoms with Crippen LogP contribution in [0.2, 0.25) is 0 Å². The topological polar surface area (TPSA) is 220 Å². The third-order valence-electron chi connectivity index (χ3n) is 6.55. The fourth-order valence-electron chi connectivity index (χ4n) is 4.47. The molecule has 214 valence electrons. The van der Waals surface area contributed by atoms with Crippen molar-refractivity contribution in [2.45, 2.75) is 56.3 Å². The summed E-state index contributed by atoms with van der Waals surface area (Å²) < 4.78 is 0. The maximum atomic E-state index is 13.6. The Bertz CT molecular complexity index is 1230. The van der Waals surface area contributed by atoms with E-state index in [1.54, 1.807) is 12.1 Å². The normalized spacial score (nSPS) is 16.9. The van der Waals surface area contributed by atoms with Crippen LogP contribution in [0.3, 0.4) is 0 Å². The molecule has 0 aromatic heterocycles. The highest BCUT2D eigenvalue weighted by Crippen LogP contribution is 2.21. The zero-order chi connectivity index (χ0) is 29.4. The summed E-state index contributed by atoms with van der Waals surface area (Å²) in [4.78, 5) is 63.6. The predicted molar refractivity (Wildman–Crippen MR) is 140 cm³/mol. The highest BCUT2D eigenvalue weighted by molar-refractivity contribution is 5.95. The van der Waals surface area contributed by atoms with Crippen LogP contribution in [0.25, 0.3) is 0 Å². The number of amides is 3. The van der Waals surface area contributed by atoms with Gasteiger partial charge in [0.25, 0.3) is 0 Å². The van der Waals surface area contributed by atoms with Gasteiger partial charge in [-0.05, 0) is 48.2 Å². The first kappa shape index (κ1) is 29.9. The molecule has 0 bridgehead atoms. The molecule has 1 saturated heterocycles. The Morgan fingerprint density at radius 3 is 1.88 bits per heavy atom. The van der Waals surface area contributed by atoms with Crippen LogP contribution < -0.4 is 16.4 Å². The molecule has 2 aromatic rings. The molecule has 4 unspecified atom stereocenters. The molecule has 0 aliphatic carbocycles. The fraction of sp³-hybridized carbons (Fsp3) is 0.370. The molecule has 1 heterocycles. The highest BCUT2D eigenvalue weighted by Gasteiger charge is 2.39. The Hall–Kier alpha value is -4.65. The number of nitrogens with zero attached hydrogens (tertiary/aromatic N) is 1. The number of carboxylic acid groups (broad SMARTS) is 2. The lowest BCUT2D eigenvalue weighted by atomic mass is 10.0. The van der Waals surface area contributed by atoms with E-state index in [9.17, 15) is 39.3 Å². The number of rotatable bonds is 12. The zero-order valence-corrected chi connectivity index (χ0v) is 21.5. The molecule has 13 nitrogen and oxygen atoms in total. The Kier molecular flexibility index (Phi) is 10.0. The Morgan fingerprint density at radius 1 is 0.850 bits per heavy atom. The van der Waals surface area contributed by atoms with Gasteiger partial charge in [-0.1, -0.05) is 24.3 Å². The predicted octanol–water partition coefficient (Wildman–Crippen LogP) is -0.270. The minimum absolute atomic E-state index is 0.00397. The number of hydrogen-bond acceptors (Lipinski definition) is 8. The maximum Gasteiger partial charge on any atom is 0.326 e. The number of nitrogens with two attached hydrogens (primary N) is 1. The molecule has 4 atom stereocenters. The van der Waals surface area contributed by atoms with Gasteiger partial charge in [0.2, 0.25) is 17.7 Å². The van der Waals surface area contributed by atoms with Crippen LogP contribution in [0.1, 0.15) is 30.4 Å². The summed E-state index contributed by atoms with van der Waals surface area (Å²) in [5.41, 5.74) is 6.82. The molecule has 3 amide bonds.